The monoisotopic (exact) mass is 365 g/mol. The van der Waals surface area contributed by atoms with E-state index in [0.29, 0.717) is 17.9 Å². The van der Waals surface area contributed by atoms with Crippen LogP contribution in [0.1, 0.15) is 15.9 Å². The maximum Gasteiger partial charge on any atom is 0.337 e. The van der Waals surface area contributed by atoms with Crippen molar-refractivity contribution in [3.05, 3.63) is 59.7 Å². The Hall–Kier alpha value is -1.83. The molecule has 2 aromatic carbocycles. The van der Waals surface area contributed by atoms with E-state index in [-0.39, 0.29) is 4.90 Å². The van der Waals surface area contributed by atoms with Gasteiger partial charge < -0.3 is 4.74 Å². The molecule has 0 amide bonds. The van der Waals surface area contributed by atoms with E-state index >= 15 is 0 Å². The van der Waals surface area contributed by atoms with E-state index in [1.54, 1.807) is 11.8 Å². The van der Waals surface area contributed by atoms with Gasteiger partial charge in [0.1, 0.15) is 0 Å². The summed E-state index contributed by atoms with van der Waals surface area (Å²) in [5, 5.41) is 0. The Morgan fingerprint density at radius 3 is 2.29 bits per heavy atom. The lowest BCUT2D eigenvalue weighted by Crippen LogP contribution is -2.26. The summed E-state index contributed by atoms with van der Waals surface area (Å²) in [5.41, 5.74) is 1.50. The molecule has 1 N–H and O–H groups in total. The molecule has 0 fully saturated rings. The van der Waals surface area contributed by atoms with Crippen LogP contribution >= 0.6 is 11.8 Å². The van der Waals surface area contributed by atoms with E-state index in [1.165, 1.54) is 36.9 Å². The second-order valence-corrected chi connectivity index (χ2v) is 8.01. The Kier molecular flexibility index (Phi) is 6.42. The van der Waals surface area contributed by atoms with Gasteiger partial charge >= 0.3 is 5.97 Å². The summed E-state index contributed by atoms with van der Waals surface area (Å²) in [6.07, 6.45) is 0. The lowest BCUT2D eigenvalue weighted by atomic mass is 10.2. The molecule has 2 rings (SSSR count). The van der Waals surface area contributed by atoms with Gasteiger partial charge in [-0.15, -0.1) is 11.8 Å². The topological polar surface area (TPSA) is 72.5 Å². The highest BCUT2D eigenvalue weighted by Gasteiger charge is 2.14. The second kappa shape index (κ2) is 8.32. The summed E-state index contributed by atoms with van der Waals surface area (Å²) in [6.45, 7) is 2.34. The first kappa shape index (κ1) is 18.5. The third-order valence-electron chi connectivity index (χ3n) is 3.27. The summed E-state index contributed by atoms with van der Waals surface area (Å²) in [6, 6.07) is 13.7. The van der Waals surface area contributed by atoms with Crippen molar-refractivity contribution in [2.24, 2.45) is 0 Å². The van der Waals surface area contributed by atoms with Crippen LogP contribution in [0, 0.1) is 6.92 Å². The van der Waals surface area contributed by atoms with Crippen molar-refractivity contribution < 1.29 is 17.9 Å². The first-order valence-corrected chi connectivity index (χ1v) is 9.77. The summed E-state index contributed by atoms with van der Waals surface area (Å²) in [4.78, 5) is 12.6. The quantitative estimate of drug-likeness (QED) is 0.464. The van der Waals surface area contributed by atoms with Crippen molar-refractivity contribution in [1.82, 2.24) is 4.72 Å². The second-order valence-electron chi connectivity index (χ2n) is 5.08. The molecule has 0 aliphatic carbocycles. The first-order valence-electron chi connectivity index (χ1n) is 7.30. The van der Waals surface area contributed by atoms with Gasteiger partial charge in [-0.2, -0.15) is 0 Å². The molecule has 0 aromatic heterocycles. The summed E-state index contributed by atoms with van der Waals surface area (Å²) < 4.78 is 31.5. The fraction of sp³-hybridized carbons (Fsp3) is 0.235. The van der Waals surface area contributed by atoms with Gasteiger partial charge in [-0.25, -0.2) is 17.9 Å². The highest BCUT2D eigenvalue weighted by molar-refractivity contribution is 7.99. The minimum atomic E-state index is -3.59. The molecule has 0 unspecified atom stereocenters. The molecule has 0 aliphatic heterocycles. The molecule has 5 nitrogen and oxygen atoms in total. The Morgan fingerprint density at radius 2 is 1.71 bits per heavy atom. The number of carbonyl (C=O) groups excluding carboxylic acids is 1. The molecule has 0 saturated heterocycles. The number of esters is 1. The van der Waals surface area contributed by atoms with Gasteiger partial charge in [0, 0.05) is 17.2 Å². The molecule has 0 spiro atoms. The van der Waals surface area contributed by atoms with Gasteiger partial charge in [0.2, 0.25) is 10.0 Å². The SMILES string of the molecule is COC(=O)c1ccc(S(=O)(=O)NCCSc2ccc(C)cc2)cc1. The maximum absolute atomic E-state index is 12.2. The molecular weight excluding hydrogens is 346 g/mol. The van der Waals surface area contributed by atoms with Gasteiger partial charge in [0.25, 0.3) is 0 Å². The molecule has 128 valence electrons. The number of sulfonamides is 1. The molecule has 0 bridgehead atoms. The van der Waals surface area contributed by atoms with Crippen molar-refractivity contribution in [3.63, 3.8) is 0 Å². The van der Waals surface area contributed by atoms with Crippen LogP contribution in [0.25, 0.3) is 0 Å². The molecule has 2 aromatic rings. The molecule has 0 aliphatic rings. The normalized spacial score (nSPS) is 11.2. The smallest absolute Gasteiger partial charge is 0.337 e. The number of carbonyl (C=O) groups is 1. The van der Waals surface area contributed by atoms with E-state index in [4.69, 9.17) is 0 Å². The molecule has 0 saturated carbocycles. The molecule has 0 atom stereocenters. The number of thioether (sulfide) groups is 1. The minimum absolute atomic E-state index is 0.121. The lowest BCUT2D eigenvalue weighted by molar-refractivity contribution is 0.0600. The van der Waals surface area contributed by atoms with E-state index in [9.17, 15) is 13.2 Å². The van der Waals surface area contributed by atoms with Crippen LogP contribution in [-0.2, 0) is 14.8 Å². The number of benzene rings is 2. The fourth-order valence-electron chi connectivity index (χ4n) is 1.95. The van der Waals surface area contributed by atoms with Gasteiger partial charge in [0.15, 0.2) is 0 Å². The van der Waals surface area contributed by atoms with Crippen molar-refractivity contribution in [2.45, 2.75) is 16.7 Å². The Labute approximate surface area is 146 Å². The zero-order valence-electron chi connectivity index (χ0n) is 13.5. The fourth-order valence-corrected chi connectivity index (χ4v) is 3.88. The Balaban J connectivity index is 1.89. The Morgan fingerprint density at radius 1 is 1.08 bits per heavy atom. The van der Waals surface area contributed by atoms with Crippen LogP contribution < -0.4 is 4.72 Å². The van der Waals surface area contributed by atoms with Crippen LogP contribution in [0.4, 0.5) is 0 Å². The summed E-state index contributed by atoms with van der Waals surface area (Å²) >= 11 is 1.59. The van der Waals surface area contributed by atoms with Crippen LogP contribution in [0.15, 0.2) is 58.3 Å². The number of nitrogens with one attached hydrogen (secondary N) is 1. The number of ether oxygens (including phenoxy) is 1. The molecule has 0 heterocycles. The van der Waals surface area contributed by atoms with E-state index in [2.05, 4.69) is 9.46 Å². The third kappa shape index (κ3) is 5.09. The highest BCUT2D eigenvalue weighted by atomic mass is 32.2. The number of methoxy groups -OCH3 is 1. The summed E-state index contributed by atoms with van der Waals surface area (Å²) in [7, 11) is -2.31. The predicted octanol–water partition coefficient (Wildman–Crippen LogP) is 2.85. The molecule has 0 radical (unpaired) electrons. The number of hydrogen-bond donors (Lipinski definition) is 1. The first-order chi connectivity index (χ1) is 11.4. The van der Waals surface area contributed by atoms with Crippen molar-refractivity contribution in [1.29, 1.82) is 0 Å². The van der Waals surface area contributed by atoms with E-state index in [0.717, 1.165) is 4.90 Å². The lowest BCUT2D eigenvalue weighted by Gasteiger charge is -2.07. The van der Waals surface area contributed by atoms with Gasteiger partial charge in [-0.05, 0) is 43.3 Å². The van der Waals surface area contributed by atoms with Crippen molar-refractivity contribution in [2.75, 3.05) is 19.4 Å². The van der Waals surface area contributed by atoms with Crippen LogP contribution in [0.3, 0.4) is 0 Å². The van der Waals surface area contributed by atoms with Crippen LogP contribution in [-0.4, -0.2) is 33.8 Å². The van der Waals surface area contributed by atoms with Crippen LogP contribution in [0.2, 0.25) is 0 Å². The highest BCUT2D eigenvalue weighted by Crippen LogP contribution is 2.18. The van der Waals surface area contributed by atoms with E-state index in [1.807, 2.05) is 31.2 Å². The van der Waals surface area contributed by atoms with Gasteiger partial charge in [0.05, 0.1) is 17.6 Å². The standard InChI is InChI=1S/C17H19NO4S2/c1-13-3-7-15(8-4-13)23-12-11-18-24(20,21)16-9-5-14(6-10-16)17(19)22-2/h3-10,18H,11-12H2,1-2H3. The zero-order chi connectivity index (χ0) is 17.6. The van der Waals surface area contributed by atoms with Crippen molar-refractivity contribution >= 4 is 27.8 Å². The number of rotatable bonds is 7. The Bertz CT molecular complexity index is 784. The number of hydrogen-bond acceptors (Lipinski definition) is 5. The van der Waals surface area contributed by atoms with Gasteiger partial charge in [-0.3, -0.25) is 0 Å². The van der Waals surface area contributed by atoms with Crippen molar-refractivity contribution in [3.8, 4) is 0 Å². The van der Waals surface area contributed by atoms with E-state index < -0.39 is 16.0 Å². The van der Waals surface area contributed by atoms with Gasteiger partial charge in [-0.1, -0.05) is 17.7 Å². The summed E-state index contributed by atoms with van der Waals surface area (Å²) in [5.74, 6) is 0.129. The number of aryl methyl sites for hydroxylation is 1. The molecule has 24 heavy (non-hydrogen) atoms. The average Bonchev–Trinajstić information content (AvgIpc) is 2.59. The predicted molar refractivity (Wildman–Crippen MR) is 94.9 cm³/mol. The minimum Gasteiger partial charge on any atom is -0.465 e. The van der Waals surface area contributed by atoms with Crippen LogP contribution in [0.5, 0.6) is 0 Å². The zero-order valence-corrected chi connectivity index (χ0v) is 15.1. The average molecular weight is 365 g/mol. The molecule has 7 heteroatoms. The molecular formula is C17H19NO4S2. The largest absolute Gasteiger partial charge is 0.465 e. The maximum atomic E-state index is 12.2. The third-order valence-corrected chi connectivity index (χ3v) is 5.76.